The summed E-state index contributed by atoms with van der Waals surface area (Å²) in [6.07, 6.45) is 29.3. The molecule has 0 spiro atoms. The fraction of sp³-hybridized carbons (Fsp3) is 0.806. The molecule has 0 unspecified atom stereocenters. The fourth-order valence-corrected chi connectivity index (χ4v) is 4.72. The summed E-state index contributed by atoms with van der Waals surface area (Å²) < 4.78 is 10.5. The number of hydrogen-bond donors (Lipinski definition) is 1. The third-order valence-corrected chi connectivity index (χ3v) is 7.40. The predicted octanol–water partition coefficient (Wildman–Crippen LogP) is 9.37. The third-order valence-electron chi connectivity index (χ3n) is 7.40. The number of carbonyl (C=O) groups is 3. The van der Waals surface area contributed by atoms with Crippen molar-refractivity contribution in [2.75, 3.05) is 13.2 Å². The van der Waals surface area contributed by atoms with Gasteiger partial charge in [-0.1, -0.05) is 129 Å². The minimum atomic E-state index is -0.792. The predicted molar refractivity (Wildman–Crippen MR) is 173 cm³/mol. The van der Waals surface area contributed by atoms with Gasteiger partial charge in [0.25, 0.3) is 0 Å². The minimum absolute atomic E-state index is 0.0939. The van der Waals surface area contributed by atoms with Gasteiger partial charge in [-0.05, 0) is 44.1 Å². The summed E-state index contributed by atoms with van der Waals surface area (Å²) in [6.45, 7) is 6.25. The van der Waals surface area contributed by atoms with Crippen molar-refractivity contribution < 1.29 is 29.0 Å². The molecule has 0 amide bonds. The van der Waals surface area contributed by atoms with Crippen LogP contribution in [0.2, 0.25) is 0 Å². The van der Waals surface area contributed by atoms with Crippen molar-refractivity contribution in [2.24, 2.45) is 5.92 Å². The molecule has 6 nitrogen and oxygen atoms in total. The second kappa shape index (κ2) is 30.5. The van der Waals surface area contributed by atoms with Gasteiger partial charge in [0.2, 0.25) is 0 Å². The summed E-state index contributed by atoms with van der Waals surface area (Å²) in [6, 6.07) is 0. The van der Waals surface area contributed by atoms with E-state index in [4.69, 9.17) is 9.47 Å². The SMILES string of the molecule is CCCCCC(=O)/C=C/C=C\CCCCCCCC(=O)OC[C@H](CO)OC(=O)CCCCCCCCCCCC(C)C. The highest BCUT2D eigenvalue weighted by atomic mass is 16.6. The van der Waals surface area contributed by atoms with Crippen LogP contribution in [0.25, 0.3) is 0 Å². The Morgan fingerprint density at radius 1 is 0.667 bits per heavy atom. The molecule has 0 aromatic rings. The number of aliphatic hydroxyl groups is 1. The molecule has 0 radical (unpaired) electrons. The summed E-state index contributed by atoms with van der Waals surface area (Å²) in [4.78, 5) is 35.8. The van der Waals surface area contributed by atoms with Crippen LogP contribution in [0.4, 0.5) is 0 Å². The van der Waals surface area contributed by atoms with Crippen LogP contribution >= 0.6 is 0 Å². The average Bonchev–Trinajstić information content (AvgIpc) is 2.96. The minimum Gasteiger partial charge on any atom is -0.462 e. The maximum atomic E-state index is 12.1. The molecule has 0 aliphatic rings. The number of allylic oxidation sites excluding steroid dienone is 4. The van der Waals surface area contributed by atoms with Gasteiger partial charge in [0.05, 0.1) is 6.61 Å². The van der Waals surface area contributed by atoms with Gasteiger partial charge in [-0.3, -0.25) is 14.4 Å². The number of unbranched alkanes of at least 4 members (excludes halogenated alkanes) is 15. The first-order chi connectivity index (χ1) is 20.4. The van der Waals surface area contributed by atoms with Crippen LogP contribution < -0.4 is 0 Å². The van der Waals surface area contributed by atoms with Crippen molar-refractivity contribution in [3.63, 3.8) is 0 Å². The van der Waals surface area contributed by atoms with E-state index in [-0.39, 0.29) is 30.9 Å². The summed E-state index contributed by atoms with van der Waals surface area (Å²) in [5, 5.41) is 9.50. The molecular formula is C36H64O6. The Kier molecular flexibility index (Phi) is 29.1. The van der Waals surface area contributed by atoms with Crippen molar-refractivity contribution in [2.45, 2.75) is 168 Å². The van der Waals surface area contributed by atoms with Crippen LogP contribution in [-0.4, -0.2) is 42.1 Å². The lowest BCUT2D eigenvalue weighted by atomic mass is 10.0. The highest BCUT2D eigenvalue weighted by Crippen LogP contribution is 2.14. The van der Waals surface area contributed by atoms with E-state index in [1.807, 2.05) is 12.2 Å². The molecule has 0 saturated carbocycles. The molecule has 1 atom stereocenters. The molecule has 0 heterocycles. The molecule has 244 valence electrons. The van der Waals surface area contributed by atoms with Gasteiger partial charge >= 0.3 is 11.9 Å². The van der Waals surface area contributed by atoms with E-state index in [1.54, 1.807) is 6.08 Å². The maximum absolute atomic E-state index is 12.1. The zero-order valence-electron chi connectivity index (χ0n) is 27.4. The van der Waals surface area contributed by atoms with E-state index in [0.717, 1.165) is 83.0 Å². The average molecular weight is 593 g/mol. The zero-order valence-corrected chi connectivity index (χ0v) is 27.4. The second-order valence-electron chi connectivity index (χ2n) is 12.1. The van der Waals surface area contributed by atoms with Gasteiger partial charge < -0.3 is 14.6 Å². The first kappa shape index (κ1) is 40.1. The molecule has 42 heavy (non-hydrogen) atoms. The van der Waals surface area contributed by atoms with Crippen LogP contribution in [-0.2, 0) is 23.9 Å². The number of ketones is 1. The van der Waals surface area contributed by atoms with Crippen LogP contribution in [0.5, 0.6) is 0 Å². The van der Waals surface area contributed by atoms with Crippen molar-refractivity contribution in [1.29, 1.82) is 0 Å². The Bertz CT molecular complexity index is 712. The van der Waals surface area contributed by atoms with Gasteiger partial charge in [0.15, 0.2) is 11.9 Å². The molecule has 0 bridgehead atoms. The molecule has 0 aliphatic heterocycles. The molecule has 0 saturated heterocycles. The summed E-state index contributed by atoms with van der Waals surface area (Å²) >= 11 is 0. The van der Waals surface area contributed by atoms with Crippen molar-refractivity contribution >= 4 is 17.7 Å². The van der Waals surface area contributed by atoms with Gasteiger partial charge in [-0.15, -0.1) is 0 Å². The lowest BCUT2D eigenvalue weighted by molar-refractivity contribution is -0.161. The van der Waals surface area contributed by atoms with E-state index in [9.17, 15) is 19.5 Å². The van der Waals surface area contributed by atoms with E-state index >= 15 is 0 Å². The van der Waals surface area contributed by atoms with E-state index in [2.05, 4.69) is 26.8 Å². The topological polar surface area (TPSA) is 89.9 Å². The number of ether oxygens (including phenoxy) is 2. The van der Waals surface area contributed by atoms with E-state index in [0.29, 0.717) is 19.3 Å². The molecule has 0 aromatic heterocycles. The molecule has 0 aliphatic carbocycles. The van der Waals surface area contributed by atoms with Crippen molar-refractivity contribution in [1.82, 2.24) is 0 Å². The van der Waals surface area contributed by atoms with Crippen LogP contribution in [0.1, 0.15) is 162 Å². The maximum Gasteiger partial charge on any atom is 0.306 e. The molecule has 6 heteroatoms. The van der Waals surface area contributed by atoms with Crippen molar-refractivity contribution in [3.05, 3.63) is 24.3 Å². The van der Waals surface area contributed by atoms with Gasteiger partial charge in [0.1, 0.15) is 6.61 Å². The Hall–Kier alpha value is -1.95. The van der Waals surface area contributed by atoms with Crippen LogP contribution in [0.15, 0.2) is 24.3 Å². The largest absolute Gasteiger partial charge is 0.462 e. The Balaban J connectivity index is 3.66. The van der Waals surface area contributed by atoms with Crippen LogP contribution in [0, 0.1) is 5.92 Å². The number of esters is 2. The quantitative estimate of drug-likeness (QED) is 0.0387. The van der Waals surface area contributed by atoms with E-state index < -0.39 is 6.10 Å². The van der Waals surface area contributed by atoms with E-state index in [1.165, 1.54) is 44.9 Å². The lowest BCUT2D eigenvalue weighted by Crippen LogP contribution is -2.28. The lowest BCUT2D eigenvalue weighted by Gasteiger charge is -2.15. The highest BCUT2D eigenvalue weighted by molar-refractivity contribution is 5.89. The summed E-state index contributed by atoms with van der Waals surface area (Å²) in [7, 11) is 0. The number of rotatable bonds is 30. The Morgan fingerprint density at radius 2 is 1.21 bits per heavy atom. The summed E-state index contributed by atoms with van der Waals surface area (Å²) in [5.41, 5.74) is 0. The smallest absolute Gasteiger partial charge is 0.306 e. The third kappa shape index (κ3) is 29.5. The second-order valence-corrected chi connectivity index (χ2v) is 12.1. The first-order valence-electron chi connectivity index (χ1n) is 17.2. The first-order valence-corrected chi connectivity index (χ1v) is 17.2. The zero-order chi connectivity index (χ0) is 31.1. The van der Waals surface area contributed by atoms with Gasteiger partial charge in [0, 0.05) is 19.3 Å². The number of carbonyl (C=O) groups excluding carboxylic acids is 3. The summed E-state index contributed by atoms with van der Waals surface area (Å²) in [5.74, 6) is 0.355. The fourth-order valence-electron chi connectivity index (χ4n) is 4.72. The number of aliphatic hydroxyl groups excluding tert-OH is 1. The van der Waals surface area contributed by atoms with Crippen molar-refractivity contribution in [3.8, 4) is 0 Å². The van der Waals surface area contributed by atoms with Gasteiger partial charge in [-0.2, -0.15) is 0 Å². The normalized spacial score (nSPS) is 12.4. The molecule has 0 aromatic carbocycles. The molecular weight excluding hydrogens is 528 g/mol. The highest BCUT2D eigenvalue weighted by Gasteiger charge is 2.16. The number of hydrogen-bond acceptors (Lipinski definition) is 6. The standard InChI is InChI=1S/C36H64O6/c1-4-5-20-26-33(38)27-22-17-13-9-7-10-14-18-23-28-35(39)41-31-34(30-37)42-36(40)29-24-19-15-11-6-8-12-16-21-25-32(2)3/h13,17,22,27,32,34,37H,4-12,14-16,18-21,23-26,28-31H2,1-3H3/b17-13-,27-22+/t34-/m0/s1. The molecule has 0 fully saturated rings. The Labute approximate surface area is 258 Å². The molecule has 0 rings (SSSR count). The van der Waals surface area contributed by atoms with Gasteiger partial charge in [-0.25, -0.2) is 0 Å². The molecule has 1 N–H and O–H groups in total. The monoisotopic (exact) mass is 592 g/mol. The Morgan fingerprint density at radius 3 is 1.81 bits per heavy atom. The van der Waals surface area contributed by atoms with Crippen LogP contribution in [0.3, 0.4) is 0 Å².